The SMILES string of the molecule is COc1c(Br)cc(CN2CCNCC2)c(C(C)C)c1OC. The number of nitrogens with zero attached hydrogens (tertiary/aromatic N) is 1. The van der Waals surface area contributed by atoms with Gasteiger partial charge in [-0.15, -0.1) is 0 Å². The maximum Gasteiger partial charge on any atom is 0.175 e. The topological polar surface area (TPSA) is 33.7 Å². The molecule has 1 aromatic carbocycles. The third kappa shape index (κ3) is 3.71. The van der Waals surface area contributed by atoms with E-state index in [0.717, 1.165) is 48.7 Å². The lowest BCUT2D eigenvalue weighted by Gasteiger charge is -2.29. The van der Waals surface area contributed by atoms with Crippen molar-refractivity contribution in [3.8, 4) is 11.5 Å². The van der Waals surface area contributed by atoms with E-state index in [1.807, 2.05) is 0 Å². The number of rotatable bonds is 5. The standard InChI is InChI=1S/C16H25BrN2O2/c1-11(2)14-12(10-19-7-5-18-6-8-19)9-13(17)15(20-3)16(14)21-4/h9,11,18H,5-8,10H2,1-4H3. The van der Waals surface area contributed by atoms with Crippen LogP contribution in [-0.2, 0) is 6.54 Å². The number of hydrogen-bond acceptors (Lipinski definition) is 4. The molecule has 0 bridgehead atoms. The fourth-order valence-corrected chi connectivity index (χ4v) is 3.56. The first-order valence-corrected chi connectivity index (χ1v) is 8.24. The quantitative estimate of drug-likeness (QED) is 0.879. The second-order valence-corrected chi connectivity index (χ2v) is 6.53. The van der Waals surface area contributed by atoms with Crippen LogP contribution in [-0.4, -0.2) is 45.3 Å². The van der Waals surface area contributed by atoms with Gasteiger partial charge in [-0.25, -0.2) is 0 Å². The van der Waals surface area contributed by atoms with Gasteiger partial charge in [0.15, 0.2) is 11.5 Å². The van der Waals surface area contributed by atoms with Crippen molar-refractivity contribution >= 4 is 15.9 Å². The van der Waals surface area contributed by atoms with Crippen LogP contribution >= 0.6 is 15.9 Å². The summed E-state index contributed by atoms with van der Waals surface area (Å²) in [5.74, 6) is 2.03. The van der Waals surface area contributed by atoms with Gasteiger partial charge in [-0.3, -0.25) is 4.90 Å². The summed E-state index contributed by atoms with van der Waals surface area (Å²) in [5.41, 5.74) is 2.56. The van der Waals surface area contributed by atoms with E-state index in [2.05, 4.69) is 46.1 Å². The molecule has 4 nitrogen and oxygen atoms in total. The van der Waals surface area contributed by atoms with Crippen LogP contribution in [0, 0.1) is 0 Å². The first kappa shape index (κ1) is 16.6. The lowest BCUT2D eigenvalue weighted by molar-refractivity contribution is 0.231. The summed E-state index contributed by atoms with van der Waals surface area (Å²) in [7, 11) is 3.40. The Morgan fingerprint density at radius 3 is 2.33 bits per heavy atom. The highest BCUT2D eigenvalue weighted by atomic mass is 79.9. The Morgan fingerprint density at radius 2 is 1.81 bits per heavy atom. The van der Waals surface area contributed by atoms with Gasteiger partial charge < -0.3 is 14.8 Å². The van der Waals surface area contributed by atoms with Crippen molar-refractivity contribution in [1.29, 1.82) is 0 Å². The second-order valence-electron chi connectivity index (χ2n) is 5.68. The molecule has 0 aliphatic carbocycles. The van der Waals surface area contributed by atoms with Crippen molar-refractivity contribution in [1.82, 2.24) is 10.2 Å². The molecule has 1 aliphatic rings. The van der Waals surface area contributed by atoms with Crippen molar-refractivity contribution in [3.63, 3.8) is 0 Å². The number of methoxy groups -OCH3 is 2. The Labute approximate surface area is 135 Å². The summed E-state index contributed by atoms with van der Waals surface area (Å²) in [6.45, 7) is 9.65. The molecule has 0 atom stereocenters. The van der Waals surface area contributed by atoms with Gasteiger partial charge in [0.2, 0.25) is 0 Å². The molecule has 2 rings (SSSR count). The molecule has 0 spiro atoms. The Balaban J connectivity index is 2.40. The molecule has 1 aliphatic heterocycles. The predicted octanol–water partition coefficient (Wildman–Crippen LogP) is 2.99. The zero-order chi connectivity index (χ0) is 15.4. The fraction of sp³-hybridized carbons (Fsp3) is 0.625. The lowest BCUT2D eigenvalue weighted by Crippen LogP contribution is -2.43. The van der Waals surface area contributed by atoms with Crippen LogP contribution in [0.25, 0.3) is 0 Å². The van der Waals surface area contributed by atoms with Crippen LogP contribution in [0.2, 0.25) is 0 Å². The summed E-state index contributed by atoms with van der Waals surface area (Å²) < 4.78 is 12.1. The van der Waals surface area contributed by atoms with E-state index >= 15 is 0 Å². The van der Waals surface area contributed by atoms with Gasteiger partial charge in [0, 0.05) is 38.3 Å². The minimum Gasteiger partial charge on any atom is -0.493 e. The number of halogens is 1. The zero-order valence-corrected chi connectivity index (χ0v) is 14.9. The molecule has 1 fully saturated rings. The highest BCUT2D eigenvalue weighted by molar-refractivity contribution is 9.10. The Bertz CT molecular complexity index is 486. The molecule has 5 heteroatoms. The molecular weight excluding hydrogens is 332 g/mol. The number of ether oxygens (including phenoxy) is 2. The van der Waals surface area contributed by atoms with E-state index in [0.29, 0.717) is 5.92 Å². The van der Waals surface area contributed by atoms with E-state index < -0.39 is 0 Å². The van der Waals surface area contributed by atoms with E-state index in [1.165, 1.54) is 11.1 Å². The van der Waals surface area contributed by atoms with Crippen molar-refractivity contribution in [2.24, 2.45) is 0 Å². The maximum absolute atomic E-state index is 5.65. The molecule has 1 aromatic rings. The van der Waals surface area contributed by atoms with Crippen LogP contribution in [0.15, 0.2) is 10.5 Å². The van der Waals surface area contributed by atoms with Crippen molar-refractivity contribution in [2.45, 2.75) is 26.3 Å². The Hall–Kier alpha value is -0.780. The third-order valence-corrected chi connectivity index (χ3v) is 4.49. The molecule has 1 saturated heterocycles. The molecule has 0 aromatic heterocycles. The van der Waals surface area contributed by atoms with Gasteiger partial charge in [0.1, 0.15) is 0 Å². The first-order chi connectivity index (χ1) is 10.1. The van der Waals surface area contributed by atoms with Gasteiger partial charge in [0.25, 0.3) is 0 Å². The average molecular weight is 357 g/mol. The Kier molecular flexibility index (Phi) is 5.90. The molecule has 1 heterocycles. The highest BCUT2D eigenvalue weighted by Gasteiger charge is 2.22. The monoisotopic (exact) mass is 356 g/mol. The van der Waals surface area contributed by atoms with Gasteiger partial charge in [-0.1, -0.05) is 13.8 Å². The molecule has 1 N–H and O–H groups in total. The van der Waals surface area contributed by atoms with E-state index in [1.54, 1.807) is 14.2 Å². The first-order valence-electron chi connectivity index (χ1n) is 7.44. The maximum atomic E-state index is 5.65. The van der Waals surface area contributed by atoms with Crippen molar-refractivity contribution < 1.29 is 9.47 Å². The smallest absolute Gasteiger partial charge is 0.175 e. The summed E-state index contributed by atoms with van der Waals surface area (Å²) in [6, 6.07) is 2.18. The zero-order valence-electron chi connectivity index (χ0n) is 13.3. The molecule has 0 amide bonds. The minimum atomic E-state index is 0.389. The van der Waals surface area contributed by atoms with Crippen LogP contribution in [0.1, 0.15) is 30.9 Å². The highest BCUT2D eigenvalue weighted by Crippen LogP contribution is 2.43. The normalized spacial score (nSPS) is 16.3. The Morgan fingerprint density at radius 1 is 1.19 bits per heavy atom. The summed E-state index contributed by atoms with van der Waals surface area (Å²) in [6.07, 6.45) is 0. The summed E-state index contributed by atoms with van der Waals surface area (Å²) in [4.78, 5) is 2.48. The van der Waals surface area contributed by atoms with E-state index in [9.17, 15) is 0 Å². The summed E-state index contributed by atoms with van der Waals surface area (Å²) >= 11 is 3.61. The average Bonchev–Trinajstić information content (AvgIpc) is 2.47. The molecule has 0 unspecified atom stereocenters. The van der Waals surface area contributed by atoms with E-state index in [-0.39, 0.29) is 0 Å². The number of nitrogens with one attached hydrogen (secondary N) is 1. The number of hydrogen-bond donors (Lipinski definition) is 1. The molecule has 0 radical (unpaired) electrons. The lowest BCUT2D eigenvalue weighted by atomic mass is 9.95. The van der Waals surface area contributed by atoms with Crippen molar-refractivity contribution in [2.75, 3.05) is 40.4 Å². The number of benzene rings is 1. The van der Waals surface area contributed by atoms with Crippen LogP contribution < -0.4 is 14.8 Å². The molecule has 118 valence electrons. The minimum absolute atomic E-state index is 0.389. The molecular formula is C16H25BrN2O2. The van der Waals surface area contributed by atoms with Crippen molar-refractivity contribution in [3.05, 3.63) is 21.7 Å². The van der Waals surface area contributed by atoms with Crippen LogP contribution in [0.4, 0.5) is 0 Å². The molecule has 0 saturated carbocycles. The summed E-state index contributed by atoms with van der Waals surface area (Å²) in [5, 5.41) is 3.39. The van der Waals surface area contributed by atoms with Gasteiger partial charge in [-0.2, -0.15) is 0 Å². The predicted molar refractivity (Wildman–Crippen MR) is 89.5 cm³/mol. The van der Waals surface area contributed by atoms with E-state index in [4.69, 9.17) is 9.47 Å². The largest absolute Gasteiger partial charge is 0.493 e. The number of piperazine rings is 1. The fourth-order valence-electron chi connectivity index (χ4n) is 2.94. The van der Waals surface area contributed by atoms with Gasteiger partial charge in [0.05, 0.1) is 18.7 Å². The second kappa shape index (κ2) is 7.47. The van der Waals surface area contributed by atoms with Crippen LogP contribution in [0.5, 0.6) is 11.5 Å². The molecule has 21 heavy (non-hydrogen) atoms. The third-order valence-electron chi connectivity index (χ3n) is 3.90. The van der Waals surface area contributed by atoms with Gasteiger partial charge >= 0.3 is 0 Å². The van der Waals surface area contributed by atoms with Gasteiger partial charge in [-0.05, 0) is 33.5 Å². The van der Waals surface area contributed by atoms with Crippen LogP contribution in [0.3, 0.4) is 0 Å².